The molecule has 3 rings (SSSR count). The van der Waals surface area contributed by atoms with Crippen LogP contribution in [0.4, 0.5) is 0 Å². The minimum atomic E-state index is -0.828. The van der Waals surface area contributed by atoms with Crippen LogP contribution in [-0.4, -0.2) is 20.9 Å². The van der Waals surface area contributed by atoms with Crippen molar-refractivity contribution < 1.29 is 9.90 Å². The molecule has 2 aliphatic carbocycles. The van der Waals surface area contributed by atoms with Gasteiger partial charge in [0.2, 0.25) is 0 Å². The first-order valence-corrected chi connectivity index (χ1v) is 6.08. The minimum absolute atomic E-state index is 0.425. The first kappa shape index (κ1) is 9.87. The van der Waals surface area contributed by atoms with Crippen molar-refractivity contribution in [1.29, 1.82) is 0 Å². The molecule has 4 nitrogen and oxygen atoms in total. The van der Waals surface area contributed by atoms with Crippen LogP contribution in [0.25, 0.3) is 0 Å². The van der Waals surface area contributed by atoms with Crippen LogP contribution in [0.3, 0.4) is 0 Å². The van der Waals surface area contributed by atoms with Crippen molar-refractivity contribution in [3.63, 3.8) is 0 Å². The van der Waals surface area contributed by atoms with E-state index in [1.54, 1.807) is 0 Å². The van der Waals surface area contributed by atoms with Crippen LogP contribution in [0.5, 0.6) is 0 Å². The van der Waals surface area contributed by atoms with Gasteiger partial charge in [0.15, 0.2) is 0 Å². The summed E-state index contributed by atoms with van der Waals surface area (Å²) in [5, 5.41) is 13.5. The number of aromatic nitrogens is 2. The zero-order valence-electron chi connectivity index (χ0n) is 9.22. The van der Waals surface area contributed by atoms with Gasteiger partial charge in [0, 0.05) is 5.92 Å². The van der Waals surface area contributed by atoms with E-state index in [-0.39, 0.29) is 0 Å². The van der Waals surface area contributed by atoms with E-state index in [4.69, 9.17) is 5.11 Å². The summed E-state index contributed by atoms with van der Waals surface area (Å²) in [6, 6.07) is 0.448. The quantitative estimate of drug-likeness (QED) is 0.851. The summed E-state index contributed by atoms with van der Waals surface area (Å²) in [7, 11) is 0. The van der Waals surface area contributed by atoms with Gasteiger partial charge in [-0.1, -0.05) is 12.8 Å². The normalized spacial score (nSPS) is 21.5. The van der Waals surface area contributed by atoms with E-state index >= 15 is 0 Å². The summed E-state index contributed by atoms with van der Waals surface area (Å²) in [6.45, 7) is 0. The molecule has 1 aromatic heterocycles. The van der Waals surface area contributed by atoms with Gasteiger partial charge in [0.25, 0.3) is 0 Å². The Hall–Kier alpha value is -1.32. The molecule has 2 fully saturated rings. The maximum absolute atomic E-state index is 11.1. The largest absolute Gasteiger partial charge is 0.478 e. The minimum Gasteiger partial charge on any atom is -0.478 e. The Morgan fingerprint density at radius 1 is 1.31 bits per heavy atom. The Kier molecular flexibility index (Phi) is 2.23. The fourth-order valence-corrected chi connectivity index (χ4v) is 2.74. The highest BCUT2D eigenvalue weighted by Gasteiger charge is 2.34. The van der Waals surface area contributed by atoms with Gasteiger partial charge in [-0.2, -0.15) is 5.10 Å². The lowest BCUT2D eigenvalue weighted by Crippen LogP contribution is -2.11. The number of carbonyl (C=O) groups is 1. The maximum Gasteiger partial charge on any atom is 0.339 e. The molecule has 0 spiro atoms. The molecular weight excluding hydrogens is 204 g/mol. The van der Waals surface area contributed by atoms with Crippen LogP contribution < -0.4 is 0 Å². The van der Waals surface area contributed by atoms with Crippen LogP contribution in [0.1, 0.15) is 66.5 Å². The monoisotopic (exact) mass is 220 g/mol. The fraction of sp³-hybridized carbons (Fsp3) is 0.667. The molecule has 1 heterocycles. The van der Waals surface area contributed by atoms with Gasteiger partial charge < -0.3 is 5.11 Å². The van der Waals surface area contributed by atoms with Crippen molar-refractivity contribution in [2.75, 3.05) is 0 Å². The molecule has 2 saturated carbocycles. The average molecular weight is 220 g/mol. The summed E-state index contributed by atoms with van der Waals surface area (Å²) in [5.41, 5.74) is 1.41. The molecule has 2 aliphatic rings. The summed E-state index contributed by atoms with van der Waals surface area (Å²) in [4.78, 5) is 11.1. The van der Waals surface area contributed by atoms with E-state index in [0.29, 0.717) is 17.5 Å². The molecule has 0 aromatic carbocycles. The zero-order chi connectivity index (χ0) is 11.1. The number of nitrogens with zero attached hydrogens (tertiary/aromatic N) is 2. The van der Waals surface area contributed by atoms with E-state index in [2.05, 4.69) is 5.10 Å². The van der Waals surface area contributed by atoms with Crippen molar-refractivity contribution in [2.45, 2.75) is 50.5 Å². The third-order valence-corrected chi connectivity index (χ3v) is 3.70. The summed E-state index contributed by atoms with van der Waals surface area (Å²) in [5.74, 6) is -0.375. The van der Waals surface area contributed by atoms with Crippen LogP contribution >= 0.6 is 0 Å². The molecule has 86 valence electrons. The van der Waals surface area contributed by atoms with Gasteiger partial charge in [-0.25, -0.2) is 4.79 Å². The summed E-state index contributed by atoms with van der Waals surface area (Å²) < 4.78 is 2.01. The van der Waals surface area contributed by atoms with Crippen molar-refractivity contribution >= 4 is 5.97 Å². The second-order valence-electron chi connectivity index (χ2n) is 4.91. The second-order valence-corrected chi connectivity index (χ2v) is 4.91. The molecule has 0 radical (unpaired) electrons. The number of aromatic carboxylic acids is 1. The highest BCUT2D eigenvalue weighted by atomic mass is 16.4. The van der Waals surface area contributed by atoms with Crippen LogP contribution in [0.2, 0.25) is 0 Å². The SMILES string of the molecule is O=C(O)c1cnn(C2CCCC2)c1C1CC1. The summed E-state index contributed by atoms with van der Waals surface area (Å²) >= 11 is 0. The first-order valence-electron chi connectivity index (χ1n) is 6.08. The van der Waals surface area contributed by atoms with Crippen LogP contribution in [-0.2, 0) is 0 Å². The molecule has 0 saturated heterocycles. The van der Waals surface area contributed by atoms with Gasteiger partial charge in [-0.15, -0.1) is 0 Å². The maximum atomic E-state index is 11.1. The molecule has 0 unspecified atom stereocenters. The molecule has 0 amide bonds. The van der Waals surface area contributed by atoms with Crippen LogP contribution in [0.15, 0.2) is 6.20 Å². The van der Waals surface area contributed by atoms with Crippen molar-refractivity contribution in [3.05, 3.63) is 17.5 Å². The predicted molar refractivity (Wildman–Crippen MR) is 58.7 cm³/mol. The van der Waals surface area contributed by atoms with E-state index < -0.39 is 5.97 Å². The van der Waals surface area contributed by atoms with Crippen LogP contribution in [0, 0.1) is 0 Å². The molecule has 0 bridgehead atoms. The first-order chi connectivity index (χ1) is 7.77. The van der Waals surface area contributed by atoms with E-state index in [1.165, 1.54) is 19.0 Å². The third-order valence-electron chi connectivity index (χ3n) is 3.70. The standard InChI is InChI=1S/C12H16N2O2/c15-12(16)10-7-13-14(9-3-1-2-4-9)11(10)8-5-6-8/h7-9H,1-6H2,(H,15,16). The van der Waals surface area contributed by atoms with Crippen molar-refractivity contribution in [3.8, 4) is 0 Å². The lowest BCUT2D eigenvalue weighted by atomic mass is 10.1. The molecule has 16 heavy (non-hydrogen) atoms. The van der Waals surface area contributed by atoms with Gasteiger partial charge >= 0.3 is 5.97 Å². The third kappa shape index (κ3) is 1.52. The van der Waals surface area contributed by atoms with Gasteiger partial charge in [0.1, 0.15) is 5.56 Å². The molecular formula is C12H16N2O2. The Morgan fingerprint density at radius 3 is 2.56 bits per heavy atom. The highest BCUT2D eigenvalue weighted by molar-refractivity contribution is 5.89. The lowest BCUT2D eigenvalue weighted by Gasteiger charge is -2.14. The molecule has 1 aromatic rings. The van der Waals surface area contributed by atoms with E-state index in [1.807, 2.05) is 4.68 Å². The number of hydrogen-bond donors (Lipinski definition) is 1. The Bertz CT molecular complexity index is 415. The molecule has 0 atom stereocenters. The molecule has 1 N–H and O–H groups in total. The van der Waals surface area contributed by atoms with Gasteiger partial charge in [-0.3, -0.25) is 4.68 Å². The molecule has 4 heteroatoms. The highest BCUT2D eigenvalue weighted by Crippen LogP contribution is 2.44. The number of carboxylic acids is 1. The predicted octanol–water partition coefficient (Wildman–Crippen LogP) is 2.57. The van der Waals surface area contributed by atoms with Gasteiger partial charge in [-0.05, 0) is 25.7 Å². The Labute approximate surface area is 94.3 Å². The number of hydrogen-bond acceptors (Lipinski definition) is 2. The van der Waals surface area contributed by atoms with E-state index in [0.717, 1.165) is 31.4 Å². The fourth-order valence-electron chi connectivity index (χ4n) is 2.74. The van der Waals surface area contributed by atoms with Crippen molar-refractivity contribution in [1.82, 2.24) is 9.78 Å². The average Bonchev–Trinajstić information content (AvgIpc) is 2.82. The van der Waals surface area contributed by atoms with Crippen molar-refractivity contribution in [2.24, 2.45) is 0 Å². The Balaban J connectivity index is 2.00. The van der Waals surface area contributed by atoms with E-state index in [9.17, 15) is 4.79 Å². The molecule has 0 aliphatic heterocycles. The smallest absolute Gasteiger partial charge is 0.339 e. The Morgan fingerprint density at radius 2 is 2.00 bits per heavy atom. The number of rotatable bonds is 3. The number of carboxylic acid groups (broad SMARTS) is 1. The summed E-state index contributed by atoms with van der Waals surface area (Å²) in [6.07, 6.45) is 8.58. The van der Waals surface area contributed by atoms with Gasteiger partial charge in [0.05, 0.1) is 17.9 Å². The lowest BCUT2D eigenvalue weighted by molar-refractivity contribution is 0.0695. The zero-order valence-corrected chi connectivity index (χ0v) is 9.22. The second kappa shape index (κ2) is 3.61. The topological polar surface area (TPSA) is 55.1 Å².